The molecule has 0 unspecified atom stereocenters. The number of rotatable bonds is 3. The third-order valence-corrected chi connectivity index (χ3v) is 4.23. The Balaban J connectivity index is 2.04. The molecule has 8 heteroatoms. The van der Waals surface area contributed by atoms with Crippen LogP contribution in [0.15, 0.2) is 59.7 Å². The zero-order valence-corrected chi connectivity index (χ0v) is 13.8. The molecule has 0 fully saturated rings. The van der Waals surface area contributed by atoms with E-state index in [1.54, 1.807) is 12.1 Å². The third kappa shape index (κ3) is 2.66. The van der Waals surface area contributed by atoms with Crippen molar-refractivity contribution < 1.29 is 8.78 Å². The molecule has 0 spiro atoms. The molecule has 2 heterocycles. The summed E-state index contributed by atoms with van der Waals surface area (Å²) in [5, 5.41) is 17.3. The summed E-state index contributed by atoms with van der Waals surface area (Å²) in [7, 11) is 0. The Bertz CT molecular complexity index is 1270. The second-order valence-electron chi connectivity index (χ2n) is 5.80. The molecule has 0 atom stereocenters. The fourth-order valence-electron chi connectivity index (χ4n) is 2.98. The molecular weight excluding hydrogens is 352 g/mol. The lowest BCUT2D eigenvalue weighted by atomic mass is 10.1. The van der Waals surface area contributed by atoms with Crippen LogP contribution in [0.3, 0.4) is 0 Å². The van der Waals surface area contributed by atoms with Crippen LogP contribution in [0.5, 0.6) is 0 Å². The first kappa shape index (κ1) is 16.6. The van der Waals surface area contributed by atoms with Crippen LogP contribution in [0.25, 0.3) is 17.0 Å². The smallest absolute Gasteiger partial charge is 0.271 e. The SMILES string of the molecule is N#Cc1c(-c2ccccc2F)n2cnnc2n(Cc2ccccc2F)c1=O. The predicted molar refractivity (Wildman–Crippen MR) is 92.9 cm³/mol. The molecular formula is C19H11F2N5O. The van der Waals surface area contributed by atoms with Crippen molar-refractivity contribution in [3.8, 4) is 17.3 Å². The lowest BCUT2D eigenvalue weighted by Crippen LogP contribution is -2.27. The average molecular weight is 363 g/mol. The third-order valence-electron chi connectivity index (χ3n) is 4.23. The Labute approximate surface area is 151 Å². The summed E-state index contributed by atoms with van der Waals surface area (Å²) in [6.45, 7) is -0.139. The quantitative estimate of drug-likeness (QED) is 0.561. The van der Waals surface area contributed by atoms with Crippen LogP contribution >= 0.6 is 0 Å². The van der Waals surface area contributed by atoms with Crippen LogP contribution in [0.2, 0.25) is 0 Å². The molecule has 0 radical (unpaired) electrons. The summed E-state index contributed by atoms with van der Waals surface area (Å²) in [4.78, 5) is 12.9. The lowest BCUT2D eigenvalue weighted by molar-refractivity contribution is 0.596. The van der Waals surface area contributed by atoms with Gasteiger partial charge in [0.05, 0.1) is 12.2 Å². The van der Waals surface area contributed by atoms with Crippen LogP contribution in [-0.2, 0) is 6.54 Å². The highest BCUT2D eigenvalue weighted by molar-refractivity contribution is 5.69. The van der Waals surface area contributed by atoms with Gasteiger partial charge in [0.1, 0.15) is 29.6 Å². The highest BCUT2D eigenvalue weighted by Crippen LogP contribution is 2.25. The van der Waals surface area contributed by atoms with E-state index in [9.17, 15) is 18.8 Å². The van der Waals surface area contributed by atoms with E-state index in [-0.39, 0.29) is 34.7 Å². The van der Waals surface area contributed by atoms with Crippen molar-refractivity contribution >= 4 is 5.78 Å². The van der Waals surface area contributed by atoms with Gasteiger partial charge in [-0.1, -0.05) is 30.3 Å². The van der Waals surface area contributed by atoms with E-state index < -0.39 is 17.2 Å². The second-order valence-corrected chi connectivity index (χ2v) is 5.80. The van der Waals surface area contributed by atoms with Gasteiger partial charge in [-0.3, -0.25) is 13.8 Å². The van der Waals surface area contributed by atoms with Crippen LogP contribution in [0.4, 0.5) is 8.78 Å². The maximum Gasteiger partial charge on any atom is 0.273 e. The number of halogens is 2. The summed E-state index contributed by atoms with van der Waals surface area (Å²) < 4.78 is 30.9. The standard InChI is InChI=1S/C19H11F2N5O/c20-15-7-3-1-5-12(15)10-25-18(27)14(9-22)17(26-11-23-24-19(25)26)13-6-2-4-8-16(13)21/h1-8,11H,10H2. The zero-order chi connectivity index (χ0) is 19.0. The molecule has 6 nitrogen and oxygen atoms in total. The summed E-state index contributed by atoms with van der Waals surface area (Å²) in [6, 6.07) is 13.6. The van der Waals surface area contributed by atoms with Gasteiger partial charge in [-0.15, -0.1) is 10.2 Å². The highest BCUT2D eigenvalue weighted by atomic mass is 19.1. The van der Waals surface area contributed by atoms with E-state index in [1.165, 1.54) is 47.1 Å². The van der Waals surface area contributed by atoms with E-state index >= 15 is 0 Å². The highest BCUT2D eigenvalue weighted by Gasteiger charge is 2.22. The molecule has 2 aromatic carbocycles. The van der Waals surface area contributed by atoms with Crippen molar-refractivity contribution in [1.82, 2.24) is 19.2 Å². The maximum atomic E-state index is 14.3. The lowest BCUT2D eigenvalue weighted by Gasteiger charge is -2.13. The van der Waals surface area contributed by atoms with E-state index in [4.69, 9.17) is 0 Å². The molecule has 4 aromatic rings. The minimum atomic E-state index is -0.695. The van der Waals surface area contributed by atoms with Crippen molar-refractivity contribution in [1.29, 1.82) is 5.26 Å². The van der Waals surface area contributed by atoms with Gasteiger partial charge < -0.3 is 0 Å². The first-order valence-electron chi connectivity index (χ1n) is 7.96. The summed E-state index contributed by atoms with van der Waals surface area (Å²) in [5.41, 5.74) is -0.574. The molecule has 27 heavy (non-hydrogen) atoms. The van der Waals surface area contributed by atoms with Gasteiger partial charge in [-0.2, -0.15) is 5.26 Å². The molecule has 0 N–H and O–H groups in total. The van der Waals surface area contributed by atoms with E-state index in [1.807, 2.05) is 6.07 Å². The molecule has 0 aliphatic rings. The molecule has 132 valence electrons. The van der Waals surface area contributed by atoms with Crippen LogP contribution < -0.4 is 5.56 Å². The Morgan fingerprint density at radius 1 is 1.04 bits per heavy atom. The first-order valence-corrected chi connectivity index (χ1v) is 7.96. The first-order chi connectivity index (χ1) is 13.1. The predicted octanol–water partition coefficient (Wildman–Crippen LogP) is 2.76. The van der Waals surface area contributed by atoms with Crippen molar-refractivity contribution in [2.45, 2.75) is 6.54 Å². The topological polar surface area (TPSA) is 76.0 Å². The fourth-order valence-corrected chi connectivity index (χ4v) is 2.98. The molecule has 4 rings (SSSR count). The molecule has 0 saturated heterocycles. The summed E-state index contributed by atoms with van der Waals surface area (Å²) >= 11 is 0. The minimum absolute atomic E-state index is 0.0605. The van der Waals surface area contributed by atoms with Crippen molar-refractivity contribution in [2.24, 2.45) is 0 Å². The minimum Gasteiger partial charge on any atom is -0.271 e. The van der Waals surface area contributed by atoms with Crippen molar-refractivity contribution in [3.63, 3.8) is 0 Å². The molecule has 2 aromatic heterocycles. The van der Waals surface area contributed by atoms with Crippen LogP contribution in [0, 0.1) is 23.0 Å². The number of fused-ring (bicyclic) bond motifs is 1. The largest absolute Gasteiger partial charge is 0.273 e. The van der Waals surface area contributed by atoms with Gasteiger partial charge in [0.25, 0.3) is 5.56 Å². The zero-order valence-electron chi connectivity index (χ0n) is 13.8. The van der Waals surface area contributed by atoms with Crippen molar-refractivity contribution in [3.05, 3.63) is 88.0 Å². The number of benzene rings is 2. The van der Waals surface area contributed by atoms with Gasteiger partial charge in [-0.25, -0.2) is 8.78 Å². The number of nitriles is 1. The summed E-state index contributed by atoms with van der Waals surface area (Å²) in [6.07, 6.45) is 1.29. The fraction of sp³-hybridized carbons (Fsp3) is 0.0526. The van der Waals surface area contributed by atoms with E-state index in [0.717, 1.165) is 4.57 Å². The van der Waals surface area contributed by atoms with Gasteiger partial charge in [-0.05, 0) is 18.2 Å². The molecule has 0 bridgehead atoms. The molecule has 0 aliphatic heterocycles. The van der Waals surface area contributed by atoms with Crippen LogP contribution in [-0.4, -0.2) is 19.2 Å². The van der Waals surface area contributed by atoms with E-state index in [0.29, 0.717) is 0 Å². The Morgan fingerprint density at radius 2 is 1.74 bits per heavy atom. The normalized spacial score (nSPS) is 10.9. The number of aromatic nitrogens is 4. The number of hydrogen-bond acceptors (Lipinski definition) is 4. The Kier molecular flexibility index (Phi) is 3.97. The number of nitrogens with zero attached hydrogens (tertiary/aromatic N) is 5. The molecule has 0 saturated carbocycles. The molecule has 0 amide bonds. The Hall–Kier alpha value is -3.86. The molecule has 0 aliphatic carbocycles. The van der Waals surface area contributed by atoms with Gasteiger partial charge in [0.15, 0.2) is 0 Å². The number of hydrogen-bond donors (Lipinski definition) is 0. The van der Waals surface area contributed by atoms with Crippen LogP contribution in [0.1, 0.15) is 11.1 Å². The van der Waals surface area contributed by atoms with Crippen molar-refractivity contribution in [2.75, 3.05) is 0 Å². The van der Waals surface area contributed by atoms with Gasteiger partial charge in [0, 0.05) is 11.1 Å². The Morgan fingerprint density at radius 3 is 2.44 bits per heavy atom. The summed E-state index contributed by atoms with van der Waals surface area (Å²) in [5.74, 6) is -0.991. The van der Waals surface area contributed by atoms with Gasteiger partial charge in [0.2, 0.25) is 5.78 Å². The second kappa shape index (κ2) is 6.46. The van der Waals surface area contributed by atoms with E-state index in [2.05, 4.69) is 10.2 Å². The van der Waals surface area contributed by atoms with Gasteiger partial charge >= 0.3 is 0 Å². The average Bonchev–Trinajstić information content (AvgIpc) is 3.15. The maximum absolute atomic E-state index is 14.3. The monoisotopic (exact) mass is 363 g/mol.